The van der Waals surface area contributed by atoms with Gasteiger partial charge in [-0.15, -0.1) is 0 Å². The summed E-state index contributed by atoms with van der Waals surface area (Å²) in [6.07, 6.45) is 1.58. The van der Waals surface area contributed by atoms with Crippen molar-refractivity contribution in [1.82, 2.24) is 5.32 Å². The van der Waals surface area contributed by atoms with E-state index >= 15 is 0 Å². The highest BCUT2D eigenvalue weighted by Gasteiger charge is 2.30. The molecule has 1 fully saturated rings. The van der Waals surface area contributed by atoms with Crippen LogP contribution in [0.3, 0.4) is 0 Å². The fraction of sp³-hybridized carbons (Fsp3) is 0.474. The lowest BCUT2D eigenvalue weighted by molar-refractivity contribution is -0.137. The first kappa shape index (κ1) is 20.2. The van der Waals surface area contributed by atoms with Gasteiger partial charge in [0.05, 0.1) is 17.9 Å². The van der Waals surface area contributed by atoms with E-state index in [1.165, 1.54) is 12.1 Å². The minimum Gasteiger partial charge on any atom is -0.381 e. The number of hydrogen-bond donors (Lipinski definition) is 1. The third-order valence-electron chi connectivity index (χ3n) is 3.98. The SMILES string of the molecule is CC/C=C(\C=N/CC1CCCOC1)NC(=O)c1cccc(C(F)(F)F)c1. The lowest BCUT2D eigenvalue weighted by Crippen LogP contribution is -2.24. The number of hydrogen-bond acceptors (Lipinski definition) is 3. The van der Waals surface area contributed by atoms with Gasteiger partial charge in [-0.05, 0) is 37.5 Å². The van der Waals surface area contributed by atoms with Gasteiger partial charge in [-0.1, -0.05) is 19.1 Å². The molecule has 1 atom stereocenters. The number of ether oxygens (including phenoxy) is 1. The Morgan fingerprint density at radius 1 is 1.42 bits per heavy atom. The van der Waals surface area contributed by atoms with E-state index in [-0.39, 0.29) is 5.56 Å². The van der Waals surface area contributed by atoms with Crippen LogP contribution in [0.2, 0.25) is 0 Å². The highest BCUT2D eigenvalue weighted by molar-refractivity contribution is 5.98. The van der Waals surface area contributed by atoms with Gasteiger partial charge < -0.3 is 10.1 Å². The lowest BCUT2D eigenvalue weighted by atomic mass is 10.0. The molecule has 1 amide bonds. The summed E-state index contributed by atoms with van der Waals surface area (Å²) in [5.41, 5.74) is -0.417. The van der Waals surface area contributed by atoms with Crippen LogP contribution in [0.1, 0.15) is 42.1 Å². The molecule has 1 aliphatic heterocycles. The molecule has 1 unspecified atom stereocenters. The normalized spacial score (nSPS) is 18.9. The smallest absolute Gasteiger partial charge is 0.381 e. The van der Waals surface area contributed by atoms with E-state index in [9.17, 15) is 18.0 Å². The molecular weight excluding hydrogens is 345 g/mol. The minimum atomic E-state index is -4.48. The van der Waals surface area contributed by atoms with Crippen LogP contribution in [0.15, 0.2) is 41.0 Å². The summed E-state index contributed by atoms with van der Waals surface area (Å²) in [7, 11) is 0. The van der Waals surface area contributed by atoms with Crippen molar-refractivity contribution in [3.8, 4) is 0 Å². The van der Waals surface area contributed by atoms with Crippen LogP contribution in [0.5, 0.6) is 0 Å². The quantitative estimate of drug-likeness (QED) is 0.764. The van der Waals surface area contributed by atoms with Crippen molar-refractivity contribution in [2.24, 2.45) is 10.9 Å². The summed E-state index contributed by atoms with van der Waals surface area (Å²) >= 11 is 0. The molecule has 0 radical (unpaired) electrons. The van der Waals surface area contributed by atoms with Gasteiger partial charge in [0, 0.05) is 30.8 Å². The second kappa shape index (κ2) is 9.52. The molecule has 0 aliphatic carbocycles. The first-order chi connectivity index (χ1) is 12.4. The zero-order valence-electron chi connectivity index (χ0n) is 14.7. The predicted molar refractivity (Wildman–Crippen MR) is 94.2 cm³/mol. The number of alkyl halides is 3. The number of rotatable bonds is 6. The van der Waals surface area contributed by atoms with Gasteiger partial charge in [0.15, 0.2) is 0 Å². The number of nitrogens with one attached hydrogen (secondary N) is 1. The number of halogens is 3. The van der Waals surface area contributed by atoms with Crippen LogP contribution < -0.4 is 5.32 Å². The van der Waals surface area contributed by atoms with Crippen LogP contribution in [0, 0.1) is 5.92 Å². The Labute approximate surface area is 151 Å². The highest BCUT2D eigenvalue weighted by Crippen LogP contribution is 2.29. The zero-order valence-corrected chi connectivity index (χ0v) is 14.7. The summed E-state index contributed by atoms with van der Waals surface area (Å²) in [5, 5.41) is 2.62. The first-order valence-corrected chi connectivity index (χ1v) is 8.66. The zero-order chi connectivity index (χ0) is 19.0. The molecular formula is C19H23F3N2O2. The monoisotopic (exact) mass is 368 g/mol. The number of carbonyl (C=O) groups excluding carboxylic acids is 1. The van der Waals surface area contributed by atoms with Crippen LogP contribution in [0.4, 0.5) is 13.2 Å². The molecule has 0 spiro atoms. The number of nitrogens with zero attached hydrogens (tertiary/aromatic N) is 1. The third-order valence-corrected chi connectivity index (χ3v) is 3.98. The Morgan fingerprint density at radius 3 is 2.88 bits per heavy atom. The van der Waals surface area contributed by atoms with E-state index in [0.29, 0.717) is 31.2 Å². The van der Waals surface area contributed by atoms with Crippen LogP contribution in [-0.4, -0.2) is 31.9 Å². The van der Waals surface area contributed by atoms with Crippen molar-refractivity contribution in [1.29, 1.82) is 0 Å². The van der Waals surface area contributed by atoms with E-state index in [1.54, 1.807) is 12.3 Å². The molecule has 1 aromatic carbocycles. The maximum atomic E-state index is 12.8. The Kier molecular flexibility index (Phi) is 7.38. The minimum absolute atomic E-state index is 0.0455. The second-order valence-electron chi connectivity index (χ2n) is 6.18. The number of benzene rings is 1. The molecule has 4 nitrogen and oxygen atoms in total. The molecule has 26 heavy (non-hydrogen) atoms. The topological polar surface area (TPSA) is 50.7 Å². The third kappa shape index (κ3) is 6.29. The molecule has 0 saturated carbocycles. The van der Waals surface area contributed by atoms with Crippen LogP contribution in [-0.2, 0) is 10.9 Å². The van der Waals surface area contributed by atoms with Crippen LogP contribution >= 0.6 is 0 Å². The Balaban J connectivity index is 2.00. The van der Waals surface area contributed by atoms with Gasteiger partial charge in [0.1, 0.15) is 0 Å². The average Bonchev–Trinajstić information content (AvgIpc) is 2.62. The van der Waals surface area contributed by atoms with Gasteiger partial charge in [0.2, 0.25) is 0 Å². The maximum absolute atomic E-state index is 12.8. The number of aliphatic imine (C=N–C) groups is 1. The number of allylic oxidation sites excluding steroid dienone is 2. The molecule has 0 bridgehead atoms. The van der Waals surface area contributed by atoms with E-state index < -0.39 is 17.6 Å². The Morgan fingerprint density at radius 2 is 2.23 bits per heavy atom. The molecule has 7 heteroatoms. The lowest BCUT2D eigenvalue weighted by Gasteiger charge is -2.20. The van der Waals surface area contributed by atoms with Crippen molar-refractivity contribution in [2.75, 3.05) is 19.8 Å². The fourth-order valence-corrected chi connectivity index (χ4v) is 2.65. The van der Waals surface area contributed by atoms with Gasteiger partial charge in [-0.2, -0.15) is 13.2 Å². The van der Waals surface area contributed by atoms with Crippen LogP contribution in [0.25, 0.3) is 0 Å². The highest BCUT2D eigenvalue weighted by atomic mass is 19.4. The number of carbonyl (C=O) groups is 1. The van der Waals surface area contributed by atoms with Gasteiger partial charge in [0.25, 0.3) is 5.91 Å². The largest absolute Gasteiger partial charge is 0.416 e. The van der Waals surface area contributed by atoms with E-state index in [1.807, 2.05) is 6.92 Å². The van der Waals surface area contributed by atoms with Crippen molar-refractivity contribution < 1.29 is 22.7 Å². The summed E-state index contributed by atoms with van der Waals surface area (Å²) in [5.74, 6) is -0.231. The van der Waals surface area contributed by atoms with Crippen molar-refractivity contribution >= 4 is 12.1 Å². The molecule has 0 aromatic heterocycles. The van der Waals surface area contributed by atoms with Gasteiger partial charge in [-0.3, -0.25) is 9.79 Å². The van der Waals surface area contributed by atoms with Crippen molar-refractivity contribution in [2.45, 2.75) is 32.4 Å². The predicted octanol–water partition coefficient (Wildman–Crippen LogP) is 4.23. The molecule has 142 valence electrons. The van der Waals surface area contributed by atoms with E-state index in [0.717, 1.165) is 31.6 Å². The Bertz CT molecular complexity index is 663. The summed E-state index contributed by atoms with van der Waals surface area (Å²) in [4.78, 5) is 16.6. The molecule has 1 aliphatic rings. The first-order valence-electron chi connectivity index (χ1n) is 8.66. The molecule has 1 aromatic rings. The summed E-state index contributed by atoms with van der Waals surface area (Å²) < 4.78 is 43.7. The number of amides is 1. The second-order valence-corrected chi connectivity index (χ2v) is 6.18. The van der Waals surface area contributed by atoms with Gasteiger partial charge >= 0.3 is 6.18 Å². The molecule has 1 saturated heterocycles. The van der Waals surface area contributed by atoms with E-state index in [4.69, 9.17) is 4.74 Å². The molecule has 2 rings (SSSR count). The Hall–Kier alpha value is -2.15. The van der Waals surface area contributed by atoms with Crippen molar-refractivity contribution in [3.63, 3.8) is 0 Å². The van der Waals surface area contributed by atoms with Gasteiger partial charge in [-0.25, -0.2) is 0 Å². The fourth-order valence-electron chi connectivity index (χ4n) is 2.65. The molecule has 1 N–H and O–H groups in total. The summed E-state index contributed by atoms with van der Waals surface area (Å²) in [6.45, 7) is 3.97. The standard InChI is InChI=1S/C19H23F3N2O2/c1-2-5-17(12-23-11-14-6-4-9-26-13-14)24-18(25)15-7-3-8-16(10-15)19(20,21)22/h3,5,7-8,10,12,14H,2,4,6,9,11,13H2,1H3,(H,24,25)/b17-5+,23-12-. The van der Waals surface area contributed by atoms with Crippen molar-refractivity contribution in [3.05, 3.63) is 47.2 Å². The molecule has 1 heterocycles. The van der Waals surface area contributed by atoms with E-state index in [2.05, 4.69) is 10.3 Å². The summed E-state index contributed by atoms with van der Waals surface area (Å²) in [6, 6.07) is 4.35. The average molecular weight is 368 g/mol. The maximum Gasteiger partial charge on any atom is 0.416 e.